The van der Waals surface area contributed by atoms with Crippen molar-refractivity contribution in [2.45, 2.75) is 32.1 Å². The number of benzene rings is 3. The molecular weight excluding hydrogens is 765 g/mol. The lowest BCUT2D eigenvalue weighted by Crippen LogP contribution is -2.48. The van der Waals surface area contributed by atoms with Crippen molar-refractivity contribution in [3.8, 4) is 22.6 Å². The highest BCUT2D eigenvalue weighted by Gasteiger charge is 2.31. The number of amides is 2. The number of carbonyl (C=O) groups is 2. The van der Waals surface area contributed by atoms with Crippen LogP contribution in [-0.2, 0) is 13.1 Å². The Hall–Kier alpha value is -6.66. The van der Waals surface area contributed by atoms with E-state index < -0.39 is 23.9 Å². The molecule has 6 aromatic rings. The summed E-state index contributed by atoms with van der Waals surface area (Å²) in [6.07, 6.45) is 1.74. The number of nitrogens with zero attached hydrogens (tertiary/aromatic N) is 10. The highest BCUT2D eigenvalue weighted by atomic mass is 32.1. The quantitative estimate of drug-likeness (QED) is 0.203. The third kappa shape index (κ3) is 7.90. The highest BCUT2D eigenvalue weighted by Crippen LogP contribution is 2.34. The number of nitrogens with one attached hydrogen (secondary N) is 2. The normalized spacial score (nSPS) is 16.4. The molecule has 2 atom stereocenters. The fourth-order valence-corrected chi connectivity index (χ4v) is 6.87. The van der Waals surface area contributed by atoms with E-state index in [-0.39, 0.29) is 31.4 Å². The molecule has 18 heteroatoms. The van der Waals surface area contributed by atoms with Crippen LogP contribution < -0.4 is 29.9 Å². The first kappa shape index (κ1) is 37.3. The van der Waals surface area contributed by atoms with Gasteiger partial charge in [-0.25, -0.2) is 14.6 Å². The van der Waals surface area contributed by atoms with Crippen LogP contribution in [0.4, 0.5) is 11.5 Å². The van der Waals surface area contributed by atoms with E-state index in [0.29, 0.717) is 39.7 Å². The summed E-state index contributed by atoms with van der Waals surface area (Å²) in [6.45, 7) is 2.85. The molecule has 2 aliphatic heterocycles. The molecule has 0 aliphatic carbocycles. The molecule has 0 radical (unpaired) electrons. The average Bonchev–Trinajstić information content (AvgIpc) is 3.80. The molecule has 8 rings (SSSR count). The zero-order valence-electron chi connectivity index (χ0n) is 31.1. The van der Waals surface area contributed by atoms with Crippen molar-refractivity contribution < 1.29 is 19.1 Å². The molecule has 5 heterocycles. The number of fused-ring (bicyclic) bond motifs is 2. The number of anilines is 2. The third-order valence-corrected chi connectivity index (χ3v) is 10.7. The third-order valence-electron chi connectivity index (χ3n) is 9.56. The fourth-order valence-electron chi connectivity index (χ4n) is 6.43. The molecule has 0 saturated carbocycles. The molecule has 3 aromatic carbocycles. The van der Waals surface area contributed by atoms with Gasteiger partial charge in [-0.05, 0) is 47.0 Å². The maximum absolute atomic E-state index is 13.3. The number of ether oxygens (including phenoxy) is 2. The van der Waals surface area contributed by atoms with Crippen LogP contribution in [0.1, 0.15) is 38.2 Å². The molecule has 0 unspecified atom stereocenters. The Kier molecular flexibility index (Phi) is 10.4. The molecule has 288 valence electrons. The molecule has 16 nitrogen and oxygen atoms in total. The zero-order valence-corrected chi connectivity index (χ0v) is 32.7. The number of likely N-dealkylation sites (N-methyl/N-ethyl adjacent to an activating group) is 2. The molecule has 2 aliphatic rings. The van der Waals surface area contributed by atoms with Crippen LogP contribution in [0.5, 0.6) is 11.5 Å². The van der Waals surface area contributed by atoms with E-state index in [1.54, 1.807) is 22.8 Å². The molecule has 0 saturated heterocycles. The molecule has 2 amide bonds. The summed E-state index contributed by atoms with van der Waals surface area (Å²) < 4.78 is 13.8. The summed E-state index contributed by atoms with van der Waals surface area (Å²) >= 11 is 11.4. The van der Waals surface area contributed by atoms with Gasteiger partial charge >= 0.3 is 0 Å². The van der Waals surface area contributed by atoms with Crippen LogP contribution in [0.25, 0.3) is 11.1 Å². The van der Waals surface area contributed by atoms with Crippen molar-refractivity contribution in [1.29, 1.82) is 0 Å². The number of carbonyl (C=O) groups excluding carboxylic acids is 2. The smallest absolute Gasteiger partial charge is 0.293 e. The van der Waals surface area contributed by atoms with Crippen molar-refractivity contribution in [2.75, 3.05) is 37.1 Å². The van der Waals surface area contributed by atoms with Gasteiger partial charge in [0.25, 0.3) is 17.6 Å². The van der Waals surface area contributed by atoms with Gasteiger partial charge in [0.2, 0.25) is 5.82 Å². The second kappa shape index (κ2) is 15.8. The average molecular weight is 801 g/mol. The number of hydrogen-bond donors (Lipinski definition) is 2. The molecule has 0 fully saturated rings. The second-order valence-electron chi connectivity index (χ2n) is 13.4. The summed E-state index contributed by atoms with van der Waals surface area (Å²) in [5.74, 6) is 1.35. The van der Waals surface area contributed by atoms with Crippen molar-refractivity contribution >= 4 is 57.7 Å². The first-order chi connectivity index (χ1) is 27.6. The van der Waals surface area contributed by atoms with Crippen molar-refractivity contribution in [2.24, 2.45) is 0 Å². The molecular formula is C39H36N12O4S2. The highest BCUT2D eigenvalue weighted by molar-refractivity contribution is 7.81. The minimum Gasteiger partial charge on any atom is -0.489 e. The molecule has 0 bridgehead atoms. The van der Waals surface area contributed by atoms with E-state index >= 15 is 0 Å². The van der Waals surface area contributed by atoms with Gasteiger partial charge in [-0.2, -0.15) is 4.80 Å². The summed E-state index contributed by atoms with van der Waals surface area (Å²) in [4.78, 5) is 41.3. The number of pyridine rings is 1. The van der Waals surface area contributed by atoms with Crippen molar-refractivity contribution in [1.82, 2.24) is 50.6 Å². The lowest BCUT2D eigenvalue weighted by Gasteiger charge is -2.23. The Balaban J connectivity index is 0.881. The Morgan fingerprint density at radius 3 is 2.16 bits per heavy atom. The lowest BCUT2D eigenvalue weighted by atomic mass is 10.1. The largest absolute Gasteiger partial charge is 0.489 e. The Labute approximate surface area is 337 Å². The SMILES string of the molecule is Cc1nc(C(=O)N[C@H]2COc3cc(-c4ccc(Cn5nnc(C(=O)N[C@H]6COc7ccccc7N(C)C6=S)n5)cc4)cnc3N(C)C2=S)nn1Cc1ccccc1. The number of tetrazole rings is 1. The summed E-state index contributed by atoms with van der Waals surface area (Å²) in [6, 6.07) is 25.9. The summed E-state index contributed by atoms with van der Waals surface area (Å²) in [5.41, 5.74) is 4.47. The van der Waals surface area contributed by atoms with E-state index in [9.17, 15) is 9.59 Å². The van der Waals surface area contributed by atoms with Crippen LogP contribution in [0.3, 0.4) is 0 Å². The van der Waals surface area contributed by atoms with Gasteiger partial charge in [0.15, 0.2) is 11.6 Å². The number of aromatic nitrogens is 8. The van der Waals surface area contributed by atoms with Gasteiger partial charge in [0.1, 0.15) is 46.8 Å². The van der Waals surface area contributed by atoms with Gasteiger partial charge in [0, 0.05) is 25.9 Å². The van der Waals surface area contributed by atoms with E-state index in [1.165, 1.54) is 4.80 Å². The topological polar surface area (TPSA) is 170 Å². The summed E-state index contributed by atoms with van der Waals surface area (Å²) in [5, 5.41) is 22.6. The first-order valence-corrected chi connectivity index (χ1v) is 18.8. The van der Waals surface area contributed by atoms with Gasteiger partial charge in [-0.15, -0.1) is 15.3 Å². The van der Waals surface area contributed by atoms with E-state index in [0.717, 1.165) is 27.9 Å². The predicted octanol–water partition coefficient (Wildman–Crippen LogP) is 3.64. The Morgan fingerprint density at radius 1 is 0.754 bits per heavy atom. The zero-order chi connectivity index (χ0) is 39.6. The number of rotatable bonds is 9. The maximum atomic E-state index is 13.3. The van der Waals surface area contributed by atoms with E-state index in [1.807, 2.05) is 104 Å². The van der Waals surface area contributed by atoms with E-state index in [4.69, 9.17) is 33.9 Å². The number of thiocarbonyl (C=S) groups is 2. The fraction of sp³-hybridized carbons (Fsp3) is 0.231. The molecule has 3 aromatic heterocycles. The summed E-state index contributed by atoms with van der Waals surface area (Å²) in [7, 11) is 3.63. The predicted molar refractivity (Wildman–Crippen MR) is 219 cm³/mol. The first-order valence-electron chi connectivity index (χ1n) is 18.0. The van der Waals surface area contributed by atoms with Crippen LogP contribution in [0.2, 0.25) is 0 Å². The van der Waals surface area contributed by atoms with Crippen LogP contribution >= 0.6 is 24.4 Å². The van der Waals surface area contributed by atoms with Crippen LogP contribution in [0, 0.1) is 6.92 Å². The molecule has 0 spiro atoms. The Bertz CT molecular complexity index is 2490. The van der Waals surface area contributed by atoms with Crippen LogP contribution in [0.15, 0.2) is 91.1 Å². The van der Waals surface area contributed by atoms with Crippen molar-refractivity contribution in [3.63, 3.8) is 0 Å². The van der Waals surface area contributed by atoms with Gasteiger partial charge < -0.3 is 29.9 Å². The van der Waals surface area contributed by atoms with Gasteiger partial charge in [-0.1, -0.05) is 91.2 Å². The van der Waals surface area contributed by atoms with Gasteiger partial charge in [-0.3, -0.25) is 9.59 Å². The molecule has 57 heavy (non-hydrogen) atoms. The number of para-hydroxylation sites is 2. The van der Waals surface area contributed by atoms with Crippen LogP contribution in [-0.4, -0.2) is 101 Å². The minimum atomic E-state index is -0.629. The van der Waals surface area contributed by atoms with Gasteiger partial charge in [0.05, 0.1) is 18.8 Å². The number of aryl methyl sites for hydroxylation is 1. The maximum Gasteiger partial charge on any atom is 0.293 e. The Morgan fingerprint density at radius 2 is 1.40 bits per heavy atom. The second-order valence-corrected chi connectivity index (χ2v) is 14.3. The monoisotopic (exact) mass is 800 g/mol. The lowest BCUT2D eigenvalue weighted by molar-refractivity contribution is 0.0919. The number of hydrogen-bond acceptors (Lipinski definition) is 12. The molecule has 2 N–H and O–H groups in total. The standard InChI is InChI=1S/C39H36N12O4S2/c1-23-41-33(45-50(23)19-24-9-5-4-6-10-24)36(52)42-29-22-55-32-17-27(18-40-35(32)49(3)39(29)57)26-15-13-25(14-16-26)20-51-46-34(44-47-51)37(53)43-28-21-54-31-12-8-7-11-30(31)48(2)38(28)56/h4-18,28-29H,19-22H2,1-3H3,(H,42,52)(H,43,53)/t28-,29-/m0/s1. The van der Waals surface area contributed by atoms with E-state index in [2.05, 4.69) is 41.1 Å². The minimum absolute atomic E-state index is 0.0517. The van der Waals surface area contributed by atoms with Crippen molar-refractivity contribution in [3.05, 3.63) is 120 Å².